The summed E-state index contributed by atoms with van der Waals surface area (Å²) in [7, 11) is 0. The number of halogens is 2. The Balaban J connectivity index is 2.07. The third-order valence-corrected chi connectivity index (χ3v) is 3.03. The van der Waals surface area contributed by atoms with E-state index in [1.807, 2.05) is 0 Å². The Morgan fingerprint density at radius 1 is 1.07 bits per heavy atom. The van der Waals surface area contributed by atoms with E-state index in [9.17, 15) is 8.78 Å². The number of ether oxygens (including phenoxy) is 2. The van der Waals surface area contributed by atoms with Gasteiger partial charge in [0.1, 0.15) is 0 Å². The Labute approximate surface area is 81.5 Å². The van der Waals surface area contributed by atoms with Gasteiger partial charge in [-0.15, -0.1) is 0 Å². The highest BCUT2D eigenvalue weighted by molar-refractivity contribution is 4.90. The molecule has 1 heterocycles. The van der Waals surface area contributed by atoms with Crippen LogP contribution in [0.3, 0.4) is 0 Å². The summed E-state index contributed by atoms with van der Waals surface area (Å²) >= 11 is 0. The van der Waals surface area contributed by atoms with Crippen molar-refractivity contribution in [3.05, 3.63) is 0 Å². The number of alkyl halides is 2. The molecule has 0 aromatic heterocycles. The summed E-state index contributed by atoms with van der Waals surface area (Å²) in [6, 6.07) is -1.06. The molecule has 0 radical (unpaired) electrons. The maximum Gasteiger partial charge on any atom is 0.263 e. The zero-order chi connectivity index (χ0) is 10.2. The predicted molar refractivity (Wildman–Crippen MR) is 46.0 cm³/mol. The van der Waals surface area contributed by atoms with E-state index in [4.69, 9.17) is 15.2 Å². The van der Waals surface area contributed by atoms with Gasteiger partial charge in [-0.1, -0.05) is 0 Å². The van der Waals surface area contributed by atoms with Crippen LogP contribution in [-0.4, -0.2) is 31.0 Å². The first-order valence-electron chi connectivity index (χ1n) is 4.95. The van der Waals surface area contributed by atoms with Crippen molar-refractivity contribution >= 4 is 0 Å². The van der Waals surface area contributed by atoms with Crippen LogP contribution >= 0.6 is 0 Å². The molecule has 1 unspecified atom stereocenters. The third-order valence-electron chi connectivity index (χ3n) is 3.03. The fraction of sp³-hybridized carbons (Fsp3) is 1.00. The molecule has 0 amide bonds. The highest BCUT2D eigenvalue weighted by atomic mass is 19.3. The average Bonchev–Trinajstić information content (AvgIpc) is 2.56. The first-order chi connectivity index (χ1) is 6.54. The zero-order valence-corrected chi connectivity index (χ0v) is 7.97. The van der Waals surface area contributed by atoms with E-state index in [0.29, 0.717) is 19.6 Å². The molecule has 0 aromatic rings. The van der Waals surface area contributed by atoms with E-state index < -0.39 is 17.8 Å². The molecule has 0 bridgehead atoms. The summed E-state index contributed by atoms with van der Waals surface area (Å²) in [6.07, 6.45) is 0.735. The van der Waals surface area contributed by atoms with E-state index in [1.165, 1.54) is 0 Å². The van der Waals surface area contributed by atoms with Gasteiger partial charge in [0.05, 0.1) is 19.3 Å². The van der Waals surface area contributed by atoms with Crippen LogP contribution in [-0.2, 0) is 9.47 Å². The lowest BCUT2D eigenvalue weighted by Gasteiger charge is -2.25. The first kappa shape index (κ1) is 10.3. The van der Waals surface area contributed by atoms with Gasteiger partial charge in [-0.05, 0) is 6.42 Å². The second-order valence-corrected chi connectivity index (χ2v) is 4.01. The maximum absolute atomic E-state index is 13.3. The summed E-state index contributed by atoms with van der Waals surface area (Å²) in [4.78, 5) is 0. The van der Waals surface area contributed by atoms with Gasteiger partial charge in [-0.3, -0.25) is 0 Å². The molecule has 1 saturated carbocycles. The second kappa shape index (κ2) is 3.40. The van der Waals surface area contributed by atoms with Crippen molar-refractivity contribution < 1.29 is 18.3 Å². The van der Waals surface area contributed by atoms with Gasteiger partial charge in [0.2, 0.25) is 0 Å². The fourth-order valence-electron chi connectivity index (χ4n) is 2.04. The Hall–Kier alpha value is -0.260. The molecule has 1 atom stereocenters. The molecular formula is C9H15F2NO2. The Kier molecular flexibility index (Phi) is 2.49. The van der Waals surface area contributed by atoms with Crippen molar-refractivity contribution in [2.45, 2.75) is 43.4 Å². The minimum atomic E-state index is -2.78. The molecule has 1 aliphatic carbocycles. The topological polar surface area (TPSA) is 44.5 Å². The quantitative estimate of drug-likeness (QED) is 0.650. The molecule has 3 nitrogen and oxygen atoms in total. The second-order valence-electron chi connectivity index (χ2n) is 4.01. The zero-order valence-electron chi connectivity index (χ0n) is 7.97. The molecule has 1 aliphatic heterocycles. The Morgan fingerprint density at radius 2 is 1.71 bits per heavy atom. The van der Waals surface area contributed by atoms with Crippen molar-refractivity contribution in [2.24, 2.45) is 5.73 Å². The van der Waals surface area contributed by atoms with Gasteiger partial charge >= 0.3 is 0 Å². The van der Waals surface area contributed by atoms with Crippen molar-refractivity contribution in [2.75, 3.05) is 13.2 Å². The highest BCUT2D eigenvalue weighted by Crippen LogP contribution is 2.39. The molecule has 0 aromatic carbocycles. The van der Waals surface area contributed by atoms with Crippen LogP contribution in [0.1, 0.15) is 25.7 Å². The first-order valence-corrected chi connectivity index (χ1v) is 4.95. The van der Waals surface area contributed by atoms with Crippen LogP contribution in [0.15, 0.2) is 0 Å². The van der Waals surface area contributed by atoms with Crippen molar-refractivity contribution in [1.29, 1.82) is 0 Å². The summed E-state index contributed by atoms with van der Waals surface area (Å²) in [6.45, 7) is 1.00. The molecule has 2 fully saturated rings. The number of hydrogen-bond donors (Lipinski definition) is 1. The smallest absolute Gasteiger partial charge is 0.263 e. The molecule has 14 heavy (non-hydrogen) atoms. The van der Waals surface area contributed by atoms with Crippen LogP contribution in [0.5, 0.6) is 0 Å². The number of nitrogens with two attached hydrogens (primary N) is 1. The molecule has 2 rings (SSSR count). The third kappa shape index (κ3) is 1.76. The van der Waals surface area contributed by atoms with Crippen LogP contribution in [0.4, 0.5) is 8.78 Å². The molecule has 82 valence electrons. The summed E-state index contributed by atoms with van der Waals surface area (Å²) in [5.41, 5.74) is 5.40. The maximum atomic E-state index is 13.3. The van der Waals surface area contributed by atoms with Gasteiger partial charge in [-0.2, -0.15) is 0 Å². The lowest BCUT2D eigenvalue weighted by molar-refractivity contribution is -0.168. The molecule has 2 N–H and O–H groups in total. The van der Waals surface area contributed by atoms with Crippen LogP contribution in [0.2, 0.25) is 0 Å². The summed E-state index contributed by atoms with van der Waals surface area (Å²) in [5, 5.41) is 0. The van der Waals surface area contributed by atoms with Gasteiger partial charge in [0, 0.05) is 19.3 Å². The van der Waals surface area contributed by atoms with Crippen molar-refractivity contribution in [3.8, 4) is 0 Å². The van der Waals surface area contributed by atoms with Gasteiger partial charge in [-0.25, -0.2) is 8.78 Å². The largest absolute Gasteiger partial charge is 0.348 e. The number of rotatable bonds is 0. The lowest BCUT2D eigenvalue weighted by Crippen LogP contribution is -2.39. The van der Waals surface area contributed by atoms with Crippen molar-refractivity contribution in [3.63, 3.8) is 0 Å². The predicted octanol–water partition coefficient (Wildman–Crippen LogP) is 1.27. The molecular weight excluding hydrogens is 192 g/mol. The highest BCUT2D eigenvalue weighted by Gasteiger charge is 2.47. The number of hydrogen-bond acceptors (Lipinski definition) is 3. The minimum absolute atomic E-state index is 0.242. The van der Waals surface area contributed by atoms with Gasteiger partial charge in [0.15, 0.2) is 5.79 Å². The normalized spacial score (nSPS) is 35.8. The monoisotopic (exact) mass is 207 g/mol. The van der Waals surface area contributed by atoms with E-state index in [1.54, 1.807) is 0 Å². The standard InChI is InChI=1S/C9H15F2NO2/c10-9(11)4-3-8(2-1-7(9)12)13-5-6-14-8/h7H,1-6,12H2. The SMILES string of the molecule is NC1CCC2(CCC1(F)F)OCCO2. The Bertz CT molecular complexity index is 217. The molecule has 1 saturated heterocycles. The van der Waals surface area contributed by atoms with Crippen LogP contribution in [0, 0.1) is 0 Å². The van der Waals surface area contributed by atoms with E-state index in [2.05, 4.69) is 0 Å². The molecule has 5 heteroatoms. The molecule has 1 spiro atoms. The van der Waals surface area contributed by atoms with Gasteiger partial charge < -0.3 is 15.2 Å². The minimum Gasteiger partial charge on any atom is -0.348 e. The van der Waals surface area contributed by atoms with Crippen LogP contribution in [0.25, 0.3) is 0 Å². The Morgan fingerprint density at radius 3 is 2.36 bits per heavy atom. The van der Waals surface area contributed by atoms with E-state index in [-0.39, 0.29) is 19.3 Å². The van der Waals surface area contributed by atoms with E-state index >= 15 is 0 Å². The lowest BCUT2D eigenvalue weighted by atomic mass is 10.1. The molecule has 2 aliphatic rings. The van der Waals surface area contributed by atoms with Gasteiger partial charge in [0.25, 0.3) is 5.92 Å². The average molecular weight is 207 g/mol. The van der Waals surface area contributed by atoms with E-state index in [0.717, 1.165) is 0 Å². The fourth-order valence-corrected chi connectivity index (χ4v) is 2.04. The summed E-state index contributed by atoms with van der Waals surface area (Å²) < 4.78 is 37.3. The van der Waals surface area contributed by atoms with Crippen LogP contribution < -0.4 is 5.73 Å². The van der Waals surface area contributed by atoms with Crippen molar-refractivity contribution in [1.82, 2.24) is 0 Å². The summed E-state index contributed by atoms with van der Waals surface area (Å²) in [5.74, 6) is -3.55.